The summed E-state index contributed by atoms with van der Waals surface area (Å²) >= 11 is 0. The number of H-pyrrole nitrogens is 1. The lowest BCUT2D eigenvalue weighted by Crippen LogP contribution is -2.37. The van der Waals surface area contributed by atoms with Gasteiger partial charge in [-0.2, -0.15) is 0 Å². The van der Waals surface area contributed by atoms with E-state index in [4.69, 9.17) is 4.74 Å². The Bertz CT molecular complexity index is 671. The third kappa shape index (κ3) is 2.02. The van der Waals surface area contributed by atoms with Crippen molar-refractivity contribution < 1.29 is 4.74 Å². The number of nitrogens with one attached hydrogen (secondary N) is 1. The number of nitrogens with zero attached hydrogens (tertiary/aromatic N) is 2. The van der Waals surface area contributed by atoms with Gasteiger partial charge >= 0.3 is 5.69 Å². The summed E-state index contributed by atoms with van der Waals surface area (Å²) in [6, 6.07) is 6.15. The second kappa shape index (κ2) is 4.98. The number of benzene rings is 1. The predicted molar refractivity (Wildman–Crippen MR) is 79.2 cm³/mol. The van der Waals surface area contributed by atoms with Gasteiger partial charge in [-0.3, -0.25) is 9.47 Å². The normalized spacial score (nSPS) is 20.1. The van der Waals surface area contributed by atoms with Crippen molar-refractivity contribution in [2.24, 2.45) is 0 Å². The van der Waals surface area contributed by atoms with Crippen LogP contribution in [0.1, 0.15) is 32.9 Å². The number of ether oxygens (including phenoxy) is 1. The van der Waals surface area contributed by atoms with Gasteiger partial charge in [-0.05, 0) is 38.8 Å². The highest BCUT2D eigenvalue weighted by atomic mass is 16.5. The Labute approximate surface area is 118 Å². The van der Waals surface area contributed by atoms with Gasteiger partial charge in [0.2, 0.25) is 0 Å². The van der Waals surface area contributed by atoms with E-state index < -0.39 is 0 Å². The third-order valence-electron chi connectivity index (χ3n) is 4.15. The molecule has 1 unspecified atom stereocenters. The average molecular weight is 275 g/mol. The molecule has 0 radical (unpaired) electrons. The van der Waals surface area contributed by atoms with Crippen LogP contribution in [0.25, 0.3) is 11.0 Å². The Balaban J connectivity index is 2.14. The molecule has 1 atom stereocenters. The molecule has 2 aromatic rings. The Hall–Kier alpha value is -1.75. The van der Waals surface area contributed by atoms with Gasteiger partial charge < -0.3 is 9.72 Å². The van der Waals surface area contributed by atoms with Gasteiger partial charge in [-0.1, -0.05) is 0 Å². The topological polar surface area (TPSA) is 50.3 Å². The average Bonchev–Trinajstić information content (AvgIpc) is 3.00. The molecular formula is C15H21N3O2. The molecule has 1 aromatic carbocycles. The SMILES string of the molecule is COc1ccc2[nH]c(=O)n(C3CCCN3C(C)C)c2c1. The molecule has 1 N–H and O–H groups in total. The predicted octanol–water partition coefficient (Wildman–Crippen LogP) is 2.34. The minimum atomic E-state index is -0.0363. The van der Waals surface area contributed by atoms with Crippen molar-refractivity contribution in [2.75, 3.05) is 13.7 Å². The molecule has 1 aliphatic heterocycles. The van der Waals surface area contributed by atoms with Gasteiger partial charge in [-0.15, -0.1) is 0 Å². The fourth-order valence-corrected chi connectivity index (χ4v) is 3.18. The molecule has 5 heteroatoms. The maximum Gasteiger partial charge on any atom is 0.327 e. The largest absolute Gasteiger partial charge is 0.497 e. The molecule has 1 aromatic heterocycles. The summed E-state index contributed by atoms with van der Waals surface area (Å²) in [5.74, 6) is 0.777. The highest BCUT2D eigenvalue weighted by molar-refractivity contribution is 5.77. The highest BCUT2D eigenvalue weighted by Gasteiger charge is 2.30. The van der Waals surface area contributed by atoms with Crippen LogP contribution in [0.3, 0.4) is 0 Å². The van der Waals surface area contributed by atoms with Crippen molar-refractivity contribution in [3.05, 3.63) is 28.7 Å². The molecule has 1 saturated heterocycles. The Morgan fingerprint density at radius 1 is 1.40 bits per heavy atom. The van der Waals surface area contributed by atoms with Crippen LogP contribution >= 0.6 is 0 Å². The summed E-state index contributed by atoms with van der Waals surface area (Å²) in [5.41, 5.74) is 1.75. The van der Waals surface area contributed by atoms with E-state index in [-0.39, 0.29) is 11.9 Å². The molecule has 2 heterocycles. The lowest BCUT2D eigenvalue weighted by molar-refractivity contribution is 0.152. The van der Waals surface area contributed by atoms with Crippen LogP contribution in [0, 0.1) is 0 Å². The lowest BCUT2D eigenvalue weighted by atomic mass is 10.2. The Morgan fingerprint density at radius 2 is 2.20 bits per heavy atom. The number of rotatable bonds is 3. The fourth-order valence-electron chi connectivity index (χ4n) is 3.18. The van der Waals surface area contributed by atoms with Gasteiger partial charge in [0.25, 0.3) is 0 Å². The van der Waals surface area contributed by atoms with E-state index in [1.165, 1.54) is 0 Å². The standard InChI is InChI=1S/C15H21N3O2/c1-10(2)17-8-4-5-14(17)18-13-9-11(20-3)6-7-12(13)16-15(18)19/h6-7,9-10,14H,4-5,8H2,1-3H3,(H,16,19). The molecule has 20 heavy (non-hydrogen) atoms. The van der Waals surface area contributed by atoms with E-state index in [1.807, 2.05) is 22.8 Å². The zero-order valence-electron chi connectivity index (χ0n) is 12.2. The first-order chi connectivity index (χ1) is 9.61. The number of aromatic nitrogens is 2. The van der Waals surface area contributed by atoms with Crippen LogP contribution in [-0.2, 0) is 0 Å². The number of hydrogen-bond donors (Lipinski definition) is 1. The molecule has 0 saturated carbocycles. The highest BCUT2D eigenvalue weighted by Crippen LogP contribution is 2.31. The van der Waals surface area contributed by atoms with Crippen molar-refractivity contribution in [3.63, 3.8) is 0 Å². The molecular weight excluding hydrogens is 254 g/mol. The smallest absolute Gasteiger partial charge is 0.327 e. The zero-order valence-corrected chi connectivity index (χ0v) is 12.2. The van der Waals surface area contributed by atoms with E-state index in [0.717, 1.165) is 36.2 Å². The summed E-state index contributed by atoms with van der Waals surface area (Å²) in [6.45, 7) is 5.41. The van der Waals surface area contributed by atoms with Gasteiger partial charge in [-0.25, -0.2) is 4.79 Å². The molecule has 0 bridgehead atoms. The molecule has 0 aliphatic carbocycles. The molecule has 108 valence electrons. The minimum Gasteiger partial charge on any atom is -0.497 e. The molecule has 1 aliphatic rings. The molecule has 0 amide bonds. The van der Waals surface area contributed by atoms with E-state index in [9.17, 15) is 4.79 Å². The quantitative estimate of drug-likeness (QED) is 0.935. The van der Waals surface area contributed by atoms with Gasteiger partial charge in [0.05, 0.1) is 24.3 Å². The molecule has 5 nitrogen and oxygen atoms in total. The van der Waals surface area contributed by atoms with Crippen LogP contribution in [0.2, 0.25) is 0 Å². The summed E-state index contributed by atoms with van der Waals surface area (Å²) in [7, 11) is 1.65. The summed E-state index contributed by atoms with van der Waals surface area (Å²) in [5, 5.41) is 0. The zero-order chi connectivity index (χ0) is 14.3. The van der Waals surface area contributed by atoms with Crippen LogP contribution < -0.4 is 10.4 Å². The fraction of sp³-hybridized carbons (Fsp3) is 0.533. The van der Waals surface area contributed by atoms with Crippen LogP contribution in [0.4, 0.5) is 0 Å². The molecule has 0 spiro atoms. The van der Waals surface area contributed by atoms with E-state index >= 15 is 0 Å². The minimum absolute atomic E-state index is 0.0363. The summed E-state index contributed by atoms with van der Waals surface area (Å²) < 4.78 is 7.16. The van der Waals surface area contributed by atoms with E-state index in [1.54, 1.807) is 7.11 Å². The lowest BCUT2D eigenvalue weighted by Gasteiger charge is -2.29. The van der Waals surface area contributed by atoms with Crippen LogP contribution in [0.5, 0.6) is 5.75 Å². The number of likely N-dealkylation sites (tertiary alicyclic amines) is 1. The number of methoxy groups -OCH3 is 1. The molecule has 1 fully saturated rings. The van der Waals surface area contributed by atoms with Crippen molar-refractivity contribution in [3.8, 4) is 5.75 Å². The second-order valence-electron chi connectivity index (χ2n) is 5.64. The van der Waals surface area contributed by atoms with Gasteiger partial charge in [0.1, 0.15) is 5.75 Å². The van der Waals surface area contributed by atoms with E-state index in [0.29, 0.717) is 6.04 Å². The molecule has 3 rings (SSSR count). The first-order valence-corrected chi connectivity index (χ1v) is 7.16. The van der Waals surface area contributed by atoms with Crippen LogP contribution in [0.15, 0.2) is 23.0 Å². The first kappa shape index (κ1) is 13.2. The number of hydrogen-bond acceptors (Lipinski definition) is 3. The second-order valence-corrected chi connectivity index (χ2v) is 5.64. The summed E-state index contributed by atoms with van der Waals surface area (Å²) in [4.78, 5) is 17.7. The van der Waals surface area contributed by atoms with Gasteiger partial charge in [0.15, 0.2) is 0 Å². The number of aromatic amines is 1. The van der Waals surface area contributed by atoms with Gasteiger partial charge in [0, 0.05) is 18.7 Å². The number of fused-ring (bicyclic) bond motifs is 1. The monoisotopic (exact) mass is 275 g/mol. The maximum absolute atomic E-state index is 12.3. The van der Waals surface area contributed by atoms with Crippen LogP contribution in [-0.4, -0.2) is 34.1 Å². The third-order valence-corrected chi connectivity index (χ3v) is 4.15. The number of imidazole rings is 1. The van der Waals surface area contributed by atoms with E-state index in [2.05, 4.69) is 23.7 Å². The first-order valence-electron chi connectivity index (χ1n) is 7.16. The Morgan fingerprint density at radius 3 is 2.90 bits per heavy atom. The Kier molecular flexibility index (Phi) is 3.30. The summed E-state index contributed by atoms with van der Waals surface area (Å²) in [6.07, 6.45) is 2.29. The van der Waals surface area contributed by atoms with Crippen molar-refractivity contribution in [1.29, 1.82) is 0 Å². The maximum atomic E-state index is 12.3. The van der Waals surface area contributed by atoms with Crippen molar-refractivity contribution >= 4 is 11.0 Å². The van der Waals surface area contributed by atoms with Crippen molar-refractivity contribution in [2.45, 2.75) is 38.9 Å². The van der Waals surface area contributed by atoms with Crippen molar-refractivity contribution in [1.82, 2.24) is 14.5 Å².